The fourth-order valence-corrected chi connectivity index (χ4v) is 2.35. The molecule has 0 aliphatic carbocycles. The Hall–Kier alpha value is -1.31. The quantitative estimate of drug-likeness (QED) is 0.339. The van der Waals surface area contributed by atoms with Gasteiger partial charge in [0.2, 0.25) is 0 Å². The second-order valence-electron chi connectivity index (χ2n) is 3.68. The molecule has 0 saturated carbocycles. The Kier molecular flexibility index (Phi) is 5.39. The molecule has 5 nitrogen and oxygen atoms in total. The molecule has 0 aromatic carbocycles. The van der Waals surface area contributed by atoms with Gasteiger partial charge in [-0.3, -0.25) is 9.93 Å². The molecule has 0 fully saturated rings. The van der Waals surface area contributed by atoms with Gasteiger partial charge in [0.25, 0.3) is 5.91 Å². The van der Waals surface area contributed by atoms with E-state index in [0.717, 1.165) is 22.5 Å². The lowest BCUT2D eigenvalue weighted by molar-refractivity contribution is -0.116. The van der Waals surface area contributed by atoms with Gasteiger partial charge in [0.1, 0.15) is 4.91 Å². The van der Waals surface area contributed by atoms with Crippen LogP contribution in [0, 0.1) is 6.92 Å². The third-order valence-corrected chi connectivity index (χ3v) is 3.96. The topological polar surface area (TPSA) is 93.5 Å². The summed E-state index contributed by atoms with van der Waals surface area (Å²) in [4.78, 5) is 14.2. The number of nitrogens with two attached hydrogens (primary N) is 2. The van der Waals surface area contributed by atoms with Gasteiger partial charge >= 0.3 is 0 Å². The number of rotatable bonds is 4. The van der Waals surface area contributed by atoms with Gasteiger partial charge in [-0.15, -0.1) is 11.3 Å². The van der Waals surface area contributed by atoms with Crippen LogP contribution in [0.2, 0.25) is 0 Å². The number of aryl methyl sites for hydroxylation is 1. The van der Waals surface area contributed by atoms with Crippen molar-refractivity contribution in [3.63, 3.8) is 0 Å². The van der Waals surface area contributed by atoms with Crippen LogP contribution in [0.5, 0.6) is 0 Å². The van der Waals surface area contributed by atoms with E-state index in [9.17, 15) is 4.79 Å². The first-order chi connectivity index (χ1) is 8.45. The van der Waals surface area contributed by atoms with Crippen molar-refractivity contribution in [2.24, 2.45) is 16.0 Å². The van der Waals surface area contributed by atoms with E-state index in [4.69, 9.17) is 10.9 Å². The van der Waals surface area contributed by atoms with Crippen molar-refractivity contribution >= 4 is 34.9 Å². The Labute approximate surface area is 114 Å². The molecule has 0 bridgehead atoms. The maximum Gasteiger partial charge on any atom is 0.280 e. The fourth-order valence-electron chi connectivity index (χ4n) is 1.20. The highest BCUT2D eigenvalue weighted by Crippen LogP contribution is 2.16. The number of nitrogens with zero attached hydrogens (tertiary/aromatic N) is 1. The standard InChI is InChI=1S/C11H16N4OS2/c1-6-4-5-9(17-6)8(3)14-15-11(16)10(18-13)7(2)12/h4-5H,12-13H2,1-3H3,(H,15,16)/b10-7-,14-8+. The summed E-state index contributed by atoms with van der Waals surface area (Å²) in [6, 6.07) is 3.97. The normalized spacial score (nSPS) is 13.2. The van der Waals surface area contributed by atoms with Crippen molar-refractivity contribution in [2.45, 2.75) is 20.8 Å². The number of amides is 1. The smallest absolute Gasteiger partial charge is 0.280 e. The average Bonchev–Trinajstić information content (AvgIpc) is 2.73. The molecule has 1 aromatic rings. The summed E-state index contributed by atoms with van der Waals surface area (Å²) in [6.07, 6.45) is 0. The predicted octanol–water partition coefficient (Wildman–Crippen LogP) is 1.69. The first kappa shape index (κ1) is 14.7. The van der Waals surface area contributed by atoms with E-state index >= 15 is 0 Å². The molecule has 0 aliphatic heterocycles. The Morgan fingerprint density at radius 3 is 2.56 bits per heavy atom. The Balaban J connectivity index is 2.75. The lowest BCUT2D eigenvalue weighted by Crippen LogP contribution is -2.22. The molecule has 98 valence electrons. The lowest BCUT2D eigenvalue weighted by Gasteiger charge is -2.04. The summed E-state index contributed by atoms with van der Waals surface area (Å²) < 4.78 is 0. The largest absolute Gasteiger partial charge is 0.401 e. The zero-order valence-electron chi connectivity index (χ0n) is 10.5. The van der Waals surface area contributed by atoms with E-state index in [0.29, 0.717) is 5.70 Å². The minimum atomic E-state index is -0.393. The van der Waals surface area contributed by atoms with Crippen molar-refractivity contribution in [1.29, 1.82) is 0 Å². The third-order valence-electron chi connectivity index (χ3n) is 2.10. The van der Waals surface area contributed by atoms with Gasteiger partial charge in [-0.1, -0.05) is 0 Å². The summed E-state index contributed by atoms with van der Waals surface area (Å²) >= 11 is 2.43. The van der Waals surface area contributed by atoms with Crippen LogP contribution in [0.3, 0.4) is 0 Å². The van der Waals surface area contributed by atoms with Crippen molar-refractivity contribution in [3.05, 3.63) is 32.5 Å². The molecule has 0 unspecified atom stereocenters. The maximum atomic E-state index is 11.7. The Morgan fingerprint density at radius 2 is 2.11 bits per heavy atom. The monoisotopic (exact) mass is 284 g/mol. The fraction of sp³-hybridized carbons (Fsp3) is 0.273. The molecule has 18 heavy (non-hydrogen) atoms. The summed E-state index contributed by atoms with van der Waals surface area (Å²) in [5.74, 6) is -0.393. The molecule has 1 rings (SSSR count). The summed E-state index contributed by atoms with van der Waals surface area (Å²) in [7, 11) is 0. The number of nitrogens with one attached hydrogen (secondary N) is 1. The first-order valence-corrected chi connectivity index (χ1v) is 6.89. The zero-order valence-corrected chi connectivity index (χ0v) is 12.1. The minimum Gasteiger partial charge on any atom is -0.401 e. The number of hydrogen-bond donors (Lipinski definition) is 3. The molecule has 1 amide bonds. The number of carbonyl (C=O) groups excluding carboxylic acids is 1. The number of hydrazone groups is 1. The second kappa shape index (κ2) is 6.58. The van der Waals surface area contributed by atoms with Crippen LogP contribution in [0.1, 0.15) is 23.6 Å². The van der Waals surface area contributed by atoms with Crippen molar-refractivity contribution in [2.75, 3.05) is 0 Å². The van der Waals surface area contributed by atoms with E-state index in [-0.39, 0.29) is 4.91 Å². The van der Waals surface area contributed by atoms with Gasteiger partial charge in [-0.05, 0) is 44.9 Å². The van der Waals surface area contributed by atoms with Crippen molar-refractivity contribution in [3.8, 4) is 0 Å². The van der Waals surface area contributed by atoms with Crippen molar-refractivity contribution in [1.82, 2.24) is 5.43 Å². The van der Waals surface area contributed by atoms with Gasteiger partial charge in [0.05, 0.1) is 10.6 Å². The number of allylic oxidation sites excluding steroid dienone is 1. The minimum absolute atomic E-state index is 0.272. The highest BCUT2D eigenvalue weighted by molar-refractivity contribution is 8.01. The van der Waals surface area contributed by atoms with Crippen LogP contribution in [-0.4, -0.2) is 11.6 Å². The molecular formula is C11H16N4OS2. The van der Waals surface area contributed by atoms with E-state index in [1.807, 2.05) is 26.0 Å². The van der Waals surface area contributed by atoms with E-state index in [2.05, 4.69) is 10.5 Å². The van der Waals surface area contributed by atoms with Crippen LogP contribution in [-0.2, 0) is 4.79 Å². The summed E-state index contributed by atoms with van der Waals surface area (Å²) in [6.45, 7) is 5.47. The number of hydrogen-bond acceptors (Lipinski definition) is 6. The van der Waals surface area contributed by atoms with Gasteiger partial charge in [-0.2, -0.15) is 5.10 Å². The van der Waals surface area contributed by atoms with Crippen LogP contribution in [0.4, 0.5) is 0 Å². The average molecular weight is 284 g/mol. The van der Waals surface area contributed by atoms with E-state index < -0.39 is 5.91 Å². The van der Waals surface area contributed by atoms with Crippen LogP contribution in [0.25, 0.3) is 0 Å². The van der Waals surface area contributed by atoms with Crippen LogP contribution in [0.15, 0.2) is 27.8 Å². The van der Waals surface area contributed by atoms with Crippen LogP contribution < -0.4 is 16.3 Å². The predicted molar refractivity (Wildman–Crippen MR) is 78.1 cm³/mol. The molecule has 0 aliphatic rings. The van der Waals surface area contributed by atoms with E-state index in [1.54, 1.807) is 18.3 Å². The van der Waals surface area contributed by atoms with Gasteiger partial charge in [-0.25, -0.2) is 5.43 Å². The lowest BCUT2D eigenvalue weighted by atomic mass is 10.3. The van der Waals surface area contributed by atoms with Crippen molar-refractivity contribution < 1.29 is 4.79 Å². The third kappa shape index (κ3) is 3.86. The molecule has 7 heteroatoms. The SMILES string of the molecule is C/C(N)=C(/SN)C(=O)N/N=C(\C)c1ccc(C)s1. The number of carbonyl (C=O) groups is 1. The molecule has 0 saturated heterocycles. The molecular weight excluding hydrogens is 268 g/mol. The zero-order chi connectivity index (χ0) is 13.7. The maximum absolute atomic E-state index is 11.7. The molecule has 0 atom stereocenters. The van der Waals surface area contributed by atoms with Crippen LogP contribution >= 0.6 is 23.3 Å². The summed E-state index contributed by atoms with van der Waals surface area (Å²) in [5.41, 5.74) is 9.10. The summed E-state index contributed by atoms with van der Waals surface area (Å²) in [5, 5.41) is 9.39. The molecule has 5 N–H and O–H groups in total. The highest BCUT2D eigenvalue weighted by atomic mass is 32.2. The molecule has 0 radical (unpaired) electrons. The highest BCUT2D eigenvalue weighted by Gasteiger charge is 2.10. The van der Waals surface area contributed by atoms with E-state index in [1.165, 1.54) is 4.88 Å². The van der Waals surface area contributed by atoms with Gasteiger partial charge in [0, 0.05) is 10.6 Å². The number of thiophene rings is 1. The molecule has 1 aromatic heterocycles. The second-order valence-corrected chi connectivity index (χ2v) is 5.61. The van der Waals surface area contributed by atoms with Gasteiger partial charge in [0.15, 0.2) is 0 Å². The molecule has 1 heterocycles. The Bertz CT molecular complexity index is 501. The Morgan fingerprint density at radius 1 is 1.44 bits per heavy atom. The molecule has 0 spiro atoms. The first-order valence-electron chi connectivity index (χ1n) is 5.20. The van der Waals surface area contributed by atoms with Gasteiger partial charge < -0.3 is 5.73 Å².